The topological polar surface area (TPSA) is 20.2 Å². The Hall–Kier alpha value is -0.180. The molecule has 0 amide bonds. The molecule has 15 heavy (non-hydrogen) atoms. The van der Waals surface area contributed by atoms with Gasteiger partial charge >= 0.3 is 0 Å². The first kappa shape index (κ1) is 11.3. The Kier molecular flexibility index (Phi) is 3.60. The Morgan fingerprint density at radius 1 is 1.53 bits per heavy atom. The van der Waals surface area contributed by atoms with E-state index in [2.05, 4.69) is 6.07 Å². The largest absolute Gasteiger partial charge is 0.392 e. The number of benzene rings is 1. The van der Waals surface area contributed by atoms with Crippen molar-refractivity contribution < 1.29 is 5.11 Å². The minimum atomic E-state index is -0.188. The van der Waals surface area contributed by atoms with E-state index in [4.69, 9.17) is 11.6 Å². The quantitative estimate of drug-likeness (QED) is 0.880. The molecule has 0 saturated carbocycles. The summed E-state index contributed by atoms with van der Waals surface area (Å²) in [5, 5.41) is 10.7. The van der Waals surface area contributed by atoms with Gasteiger partial charge in [-0.15, -0.1) is 0 Å². The first-order valence-corrected chi connectivity index (χ1v) is 6.71. The molecule has 3 heteroatoms. The van der Waals surface area contributed by atoms with Crippen molar-refractivity contribution in [2.24, 2.45) is 5.92 Å². The molecular weight excluding hydrogens is 228 g/mol. The smallest absolute Gasteiger partial charge is 0.0624 e. The van der Waals surface area contributed by atoms with E-state index in [0.29, 0.717) is 5.92 Å². The van der Waals surface area contributed by atoms with E-state index in [1.165, 1.54) is 5.56 Å². The highest BCUT2D eigenvalue weighted by Gasteiger charge is 2.26. The van der Waals surface area contributed by atoms with Crippen LogP contribution in [0.1, 0.15) is 11.1 Å². The summed E-state index contributed by atoms with van der Waals surface area (Å²) in [4.78, 5) is 0. The second-order valence-electron chi connectivity index (χ2n) is 4.15. The van der Waals surface area contributed by atoms with Crippen molar-refractivity contribution in [2.45, 2.75) is 19.4 Å². The molecule has 1 heterocycles. The predicted molar refractivity (Wildman–Crippen MR) is 66.7 cm³/mol. The monoisotopic (exact) mass is 242 g/mol. The van der Waals surface area contributed by atoms with Gasteiger partial charge in [0.2, 0.25) is 0 Å². The molecular formula is C12H15ClOS. The SMILES string of the molecule is Cc1cc(CC(O)C2CSC2)ccc1Cl. The molecule has 1 aromatic rings. The van der Waals surface area contributed by atoms with E-state index in [0.717, 1.165) is 28.5 Å². The number of hydrogen-bond donors (Lipinski definition) is 1. The number of halogens is 1. The van der Waals surface area contributed by atoms with Gasteiger partial charge in [-0.05, 0) is 42.0 Å². The summed E-state index contributed by atoms with van der Waals surface area (Å²) in [5.41, 5.74) is 2.27. The lowest BCUT2D eigenvalue weighted by Gasteiger charge is -2.29. The lowest BCUT2D eigenvalue weighted by atomic mass is 9.97. The Bertz CT molecular complexity index is 349. The average molecular weight is 243 g/mol. The number of aryl methyl sites for hydroxylation is 1. The lowest BCUT2D eigenvalue weighted by molar-refractivity contribution is 0.125. The predicted octanol–water partition coefficient (Wildman–Crippen LogP) is 2.91. The van der Waals surface area contributed by atoms with Gasteiger partial charge in [-0.25, -0.2) is 0 Å². The van der Waals surface area contributed by atoms with Crippen LogP contribution < -0.4 is 0 Å². The first-order chi connectivity index (χ1) is 7.16. The Balaban J connectivity index is 2.00. The molecule has 82 valence electrons. The minimum absolute atomic E-state index is 0.188. The van der Waals surface area contributed by atoms with Crippen LogP contribution in [0, 0.1) is 12.8 Å². The van der Waals surface area contributed by atoms with Crippen molar-refractivity contribution in [3.05, 3.63) is 34.3 Å². The van der Waals surface area contributed by atoms with Crippen molar-refractivity contribution in [1.82, 2.24) is 0 Å². The van der Waals surface area contributed by atoms with Crippen LogP contribution in [0.15, 0.2) is 18.2 Å². The molecule has 0 bridgehead atoms. The Morgan fingerprint density at radius 2 is 2.27 bits per heavy atom. The first-order valence-electron chi connectivity index (χ1n) is 5.17. The standard InChI is InChI=1S/C12H15ClOS/c1-8-4-9(2-3-11(8)13)5-12(14)10-6-15-7-10/h2-4,10,12,14H,5-7H2,1H3. The number of aliphatic hydroxyl groups is 1. The van der Waals surface area contributed by atoms with Gasteiger partial charge in [0.15, 0.2) is 0 Å². The van der Waals surface area contributed by atoms with Crippen LogP contribution in [0.25, 0.3) is 0 Å². The fourth-order valence-corrected chi connectivity index (χ4v) is 2.79. The zero-order valence-electron chi connectivity index (χ0n) is 8.74. The van der Waals surface area contributed by atoms with Crippen molar-refractivity contribution >= 4 is 23.4 Å². The van der Waals surface area contributed by atoms with Crippen molar-refractivity contribution in [2.75, 3.05) is 11.5 Å². The molecule has 0 radical (unpaired) electrons. The highest BCUT2D eigenvalue weighted by atomic mass is 35.5. The maximum atomic E-state index is 9.94. The molecule has 1 N–H and O–H groups in total. The van der Waals surface area contributed by atoms with E-state index < -0.39 is 0 Å². The van der Waals surface area contributed by atoms with Gasteiger partial charge in [-0.3, -0.25) is 0 Å². The highest BCUT2D eigenvalue weighted by molar-refractivity contribution is 8.00. The third-order valence-corrected chi connectivity index (χ3v) is 4.63. The average Bonchev–Trinajstić information content (AvgIpc) is 2.08. The summed E-state index contributed by atoms with van der Waals surface area (Å²) in [5.74, 6) is 2.70. The fraction of sp³-hybridized carbons (Fsp3) is 0.500. The van der Waals surface area contributed by atoms with Crippen LogP contribution in [-0.2, 0) is 6.42 Å². The molecule has 2 rings (SSSR count). The van der Waals surface area contributed by atoms with Crippen LogP contribution in [0.4, 0.5) is 0 Å². The van der Waals surface area contributed by atoms with Crippen molar-refractivity contribution in [1.29, 1.82) is 0 Å². The summed E-state index contributed by atoms with van der Waals surface area (Å²) in [6.07, 6.45) is 0.565. The summed E-state index contributed by atoms with van der Waals surface area (Å²) in [6.45, 7) is 2.00. The van der Waals surface area contributed by atoms with E-state index in [1.54, 1.807) is 0 Å². The second-order valence-corrected chi connectivity index (χ2v) is 5.63. The molecule has 1 unspecified atom stereocenters. The summed E-state index contributed by atoms with van der Waals surface area (Å²) < 4.78 is 0. The van der Waals surface area contributed by atoms with E-state index in [9.17, 15) is 5.11 Å². The van der Waals surface area contributed by atoms with Crippen LogP contribution >= 0.6 is 23.4 Å². The Labute approximate surface area is 99.8 Å². The highest BCUT2D eigenvalue weighted by Crippen LogP contribution is 2.29. The molecule has 1 atom stereocenters. The van der Waals surface area contributed by atoms with Gasteiger partial charge in [0, 0.05) is 10.9 Å². The maximum absolute atomic E-state index is 9.94. The van der Waals surface area contributed by atoms with Crippen LogP contribution in [-0.4, -0.2) is 22.7 Å². The van der Waals surface area contributed by atoms with Gasteiger partial charge in [-0.1, -0.05) is 23.7 Å². The Morgan fingerprint density at radius 3 is 2.80 bits per heavy atom. The molecule has 1 saturated heterocycles. The van der Waals surface area contributed by atoms with Gasteiger partial charge in [-0.2, -0.15) is 11.8 Å². The normalized spacial score (nSPS) is 18.6. The van der Waals surface area contributed by atoms with Gasteiger partial charge in [0.05, 0.1) is 6.10 Å². The summed E-state index contributed by atoms with van der Waals surface area (Å²) >= 11 is 7.86. The number of rotatable bonds is 3. The van der Waals surface area contributed by atoms with E-state index in [1.807, 2.05) is 30.8 Å². The van der Waals surface area contributed by atoms with Gasteiger partial charge < -0.3 is 5.11 Å². The molecule has 1 nitrogen and oxygen atoms in total. The van der Waals surface area contributed by atoms with Crippen LogP contribution in [0.2, 0.25) is 5.02 Å². The van der Waals surface area contributed by atoms with Crippen LogP contribution in [0.5, 0.6) is 0 Å². The van der Waals surface area contributed by atoms with Crippen molar-refractivity contribution in [3.8, 4) is 0 Å². The molecule has 1 aliphatic heterocycles. The zero-order chi connectivity index (χ0) is 10.8. The number of hydrogen-bond acceptors (Lipinski definition) is 2. The minimum Gasteiger partial charge on any atom is -0.392 e. The van der Waals surface area contributed by atoms with Crippen LogP contribution in [0.3, 0.4) is 0 Å². The molecule has 0 spiro atoms. The van der Waals surface area contributed by atoms with Crippen molar-refractivity contribution in [3.63, 3.8) is 0 Å². The molecule has 1 fully saturated rings. The number of aliphatic hydroxyl groups excluding tert-OH is 1. The number of thioether (sulfide) groups is 1. The summed E-state index contributed by atoms with van der Waals surface area (Å²) in [6, 6.07) is 5.98. The summed E-state index contributed by atoms with van der Waals surface area (Å²) in [7, 11) is 0. The molecule has 0 aromatic heterocycles. The van der Waals surface area contributed by atoms with E-state index in [-0.39, 0.29) is 6.10 Å². The molecule has 1 aliphatic rings. The van der Waals surface area contributed by atoms with Gasteiger partial charge in [0.1, 0.15) is 0 Å². The second kappa shape index (κ2) is 4.77. The third kappa shape index (κ3) is 2.68. The van der Waals surface area contributed by atoms with E-state index >= 15 is 0 Å². The molecule has 1 aromatic carbocycles. The van der Waals surface area contributed by atoms with Gasteiger partial charge in [0.25, 0.3) is 0 Å². The third-order valence-electron chi connectivity index (χ3n) is 2.88. The lowest BCUT2D eigenvalue weighted by Crippen LogP contribution is -2.33. The maximum Gasteiger partial charge on any atom is 0.0624 e. The zero-order valence-corrected chi connectivity index (χ0v) is 10.3. The fourth-order valence-electron chi connectivity index (χ4n) is 1.72. The molecule has 0 aliphatic carbocycles.